The SMILES string of the molecule is CC(C)N(C)C(=O)C1CCCCC1.Cn1cc(-c2cccc(-c3ncc(-c4cn[nH]c4)cn3)c2)cn1. The highest BCUT2D eigenvalue weighted by Gasteiger charge is 2.24. The van der Waals surface area contributed by atoms with Crippen molar-refractivity contribution >= 4 is 5.91 Å². The van der Waals surface area contributed by atoms with Crippen molar-refractivity contribution in [1.29, 1.82) is 0 Å². The highest BCUT2D eigenvalue weighted by atomic mass is 16.2. The molecule has 36 heavy (non-hydrogen) atoms. The molecule has 0 atom stereocenters. The van der Waals surface area contributed by atoms with Crippen LogP contribution in [0.4, 0.5) is 0 Å². The molecule has 0 bridgehead atoms. The number of benzene rings is 1. The molecule has 8 nitrogen and oxygen atoms in total. The van der Waals surface area contributed by atoms with E-state index in [9.17, 15) is 4.79 Å². The predicted octanol–water partition coefficient (Wildman–Crippen LogP) is 5.37. The maximum Gasteiger partial charge on any atom is 0.225 e. The van der Waals surface area contributed by atoms with E-state index in [1.54, 1.807) is 10.9 Å². The van der Waals surface area contributed by atoms with E-state index in [4.69, 9.17) is 0 Å². The standard InChI is InChI=1S/C17H14N6.C11H21NO/c1-23-11-16(10-22-23)12-3-2-4-13(5-12)17-18-6-14(7-19-17)15-8-20-21-9-15;1-9(2)12(3)11(13)10-7-5-4-6-8-10/h2-11H,1H3,(H,20,21);9-10H,4-8H2,1-3H3. The van der Waals surface area contributed by atoms with Gasteiger partial charge in [-0.2, -0.15) is 10.2 Å². The number of aromatic amines is 1. The fraction of sp³-hybridized carbons (Fsp3) is 0.393. The summed E-state index contributed by atoms with van der Waals surface area (Å²) in [6, 6.07) is 8.48. The van der Waals surface area contributed by atoms with Crippen molar-refractivity contribution in [3.05, 3.63) is 61.4 Å². The molecule has 0 saturated heterocycles. The molecule has 188 valence electrons. The molecule has 1 N–H and O–H groups in total. The van der Waals surface area contributed by atoms with Crippen molar-refractivity contribution in [2.24, 2.45) is 13.0 Å². The Hall–Kier alpha value is -3.81. The lowest BCUT2D eigenvalue weighted by molar-refractivity contribution is -0.136. The summed E-state index contributed by atoms with van der Waals surface area (Å²) in [5.41, 5.74) is 5.05. The zero-order valence-electron chi connectivity index (χ0n) is 21.6. The third-order valence-electron chi connectivity index (χ3n) is 6.72. The van der Waals surface area contributed by atoms with Crippen molar-refractivity contribution in [1.82, 2.24) is 34.8 Å². The number of carbonyl (C=O) groups excluding carboxylic acids is 1. The number of aryl methyl sites for hydroxylation is 1. The molecule has 8 heteroatoms. The van der Waals surface area contributed by atoms with Crippen LogP contribution >= 0.6 is 0 Å². The van der Waals surface area contributed by atoms with E-state index in [0.29, 0.717) is 23.7 Å². The Morgan fingerprint density at radius 3 is 2.31 bits per heavy atom. The van der Waals surface area contributed by atoms with Crippen LogP contribution in [0, 0.1) is 5.92 Å². The van der Waals surface area contributed by atoms with E-state index in [1.165, 1.54) is 19.3 Å². The van der Waals surface area contributed by atoms with E-state index < -0.39 is 0 Å². The second-order valence-electron chi connectivity index (χ2n) is 9.64. The third kappa shape index (κ3) is 6.24. The minimum Gasteiger partial charge on any atom is -0.343 e. The highest BCUT2D eigenvalue weighted by Crippen LogP contribution is 2.26. The lowest BCUT2D eigenvalue weighted by Gasteiger charge is -2.28. The summed E-state index contributed by atoms with van der Waals surface area (Å²) in [6.45, 7) is 4.14. The van der Waals surface area contributed by atoms with Gasteiger partial charge in [0, 0.05) is 73.1 Å². The third-order valence-corrected chi connectivity index (χ3v) is 6.72. The average molecular weight is 486 g/mol. The van der Waals surface area contributed by atoms with Crippen LogP contribution in [-0.4, -0.2) is 53.8 Å². The van der Waals surface area contributed by atoms with E-state index >= 15 is 0 Å². The molecule has 3 aromatic heterocycles. The first-order valence-corrected chi connectivity index (χ1v) is 12.6. The summed E-state index contributed by atoms with van der Waals surface area (Å²) >= 11 is 0. The van der Waals surface area contributed by atoms with Crippen LogP contribution in [0.25, 0.3) is 33.6 Å². The molecule has 1 saturated carbocycles. The number of rotatable bonds is 5. The van der Waals surface area contributed by atoms with Gasteiger partial charge >= 0.3 is 0 Å². The number of hydrogen-bond donors (Lipinski definition) is 1. The van der Waals surface area contributed by atoms with Gasteiger partial charge in [0.15, 0.2) is 5.82 Å². The van der Waals surface area contributed by atoms with Crippen molar-refractivity contribution in [3.63, 3.8) is 0 Å². The Balaban J connectivity index is 0.000000200. The van der Waals surface area contributed by atoms with E-state index in [1.807, 2.05) is 62.1 Å². The fourth-order valence-corrected chi connectivity index (χ4v) is 4.34. The molecule has 1 fully saturated rings. The Morgan fingerprint density at radius 2 is 1.69 bits per heavy atom. The van der Waals surface area contributed by atoms with Gasteiger partial charge in [-0.3, -0.25) is 14.6 Å². The molecule has 5 rings (SSSR count). The first-order chi connectivity index (χ1) is 17.4. The maximum atomic E-state index is 11.9. The molecule has 1 aliphatic carbocycles. The molecule has 1 aliphatic rings. The number of carbonyl (C=O) groups is 1. The summed E-state index contributed by atoms with van der Waals surface area (Å²) < 4.78 is 1.79. The van der Waals surface area contributed by atoms with Gasteiger partial charge in [-0.05, 0) is 38.3 Å². The number of H-pyrrole nitrogens is 1. The van der Waals surface area contributed by atoms with Crippen molar-refractivity contribution in [2.75, 3.05) is 7.05 Å². The van der Waals surface area contributed by atoms with Crippen LogP contribution < -0.4 is 0 Å². The van der Waals surface area contributed by atoms with Crippen LogP contribution in [0.5, 0.6) is 0 Å². The minimum atomic E-state index is 0.321. The summed E-state index contributed by atoms with van der Waals surface area (Å²) in [5.74, 6) is 1.37. The van der Waals surface area contributed by atoms with Crippen molar-refractivity contribution in [3.8, 4) is 33.6 Å². The molecule has 0 aliphatic heterocycles. The molecule has 0 radical (unpaired) electrons. The van der Waals surface area contributed by atoms with Gasteiger partial charge in [-0.25, -0.2) is 9.97 Å². The number of nitrogens with one attached hydrogen (secondary N) is 1. The smallest absolute Gasteiger partial charge is 0.225 e. The van der Waals surface area contributed by atoms with Gasteiger partial charge in [0.2, 0.25) is 5.91 Å². The summed E-state index contributed by atoms with van der Waals surface area (Å²) in [4.78, 5) is 22.7. The van der Waals surface area contributed by atoms with Gasteiger partial charge in [0.1, 0.15) is 0 Å². The molecular weight excluding hydrogens is 450 g/mol. The van der Waals surface area contributed by atoms with E-state index in [0.717, 1.165) is 40.7 Å². The van der Waals surface area contributed by atoms with Crippen LogP contribution in [-0.2, 0) is 11.8 Å². The molecule has 0 spiro atoms. The van der Waals surface area contributed by atoms with Gasteiger partial charge in [0.05, 0.1) is 12.4 Å². The lowest BCUT2D eigenvalue weighted by Crippen LogP contribution is -2.38. The molecule has 4 aromatic rings. The normalized spacial score (nSPS) is 13.8. The predicted molar refractivity (Wildman–Crippen MR) is 142 cm³/mol. The van der Waals surface area contributed by atoms with Gasteiger partial charge < -0.3 is 4.90 Å². The number of amides is 1. The van der Waals surface area contributed by atoms with Crippen LogP contribution in [0.1, 0.15) is 46.0 Å². The van der Waals surface area contributed by atoms with Crippen molar-refractivity contribution in [2.45, 2.75) is 52.0 Å². The Labute approximate surface area is 212 Å². The highest BCUT2D eigenvalue weighted by molar-refractivity contribution is 5.78. The zero-order valence-corrected chi connectivity index (χ0v) is 21.6. The molecule has 0 unspecified atom stereocenters. The second kappa shape index (κ2) is 11.7. The van der Waals surface area contributed by atoms with Crippen LogP contribution in [0.15, 0.2) is 61.4 Å². The largest absolute Gasteiger partial charge is 0.343 e. The summed E-state index contributed by atoms with van der Waals surface area (Å²) in [5, 5.41) is 10.9. The molecule has 1 aromatic carbocycles. The number of aromatic nitrogens is 6. The number of hydrogen-bond acceptors (Lipinski definition) is 5. The molecule has 1 amide bonds. The first kappa shape index (κ1) is 25.3. The van der Waals surface area contributed by atoms with Crippen molar-refractivity contribution < 1.29 is 4.79 Å². The monoisotopic (exact) mass is 485 g/mol. The molecular formula is C28H35N7O. The second-order valence-corrected chi connectivity index (χ2v) is 9.64. The van der Waals surface area contributed by atoms with Crippen LogP contribution in [0.2, 0.25) is 0 Å². The molecule has 3 heterocycles. The maximum absolute atomic E-state index is 11.9. The Bertz CT molecular complexity index is 1240. The summed E-state index contributed by atoms with van der Waals surface area (Å²) in [6.07, 6.45) is 17.0. The zero-order chi connectivity index (χ0) is 25.5. The average Bonchev–Trinajstić information content (AvgIpc) is 3.61. The fourth-order valence-electron chi connectivity index (χ4n) is 4.34. The lowest BCUT2D eigenvalue weighted by atomic mass is 9.88. The van der Waals surface area contributed by atoms with Gasteiger partial charge in [-0.15, -0.1) is 0 Å². The number of nitrogens with zero attached hydrogens (tertiary/aromatic N) is 6. The minimum absolute atomic E-state index is 0.321. The quantitative estimate of drug-likeness (QED) is 0.410. The Kier molecular flexibility index (Phi) is 8.25. The topological polar surface area (TPSA) is 92.6 Å². The van der Waals surface area contributed by atoms with Gasteiger partial charge in [0.25, 0.3) is 0 Å². The van der Waals surface area contributed by atoms with E-state index in [2.05, 4.69) is 51.2 Å². The summed E-state index contributed by atoms with van der Waals surface area (Å²) in [7, 11) is 3.83. The Morgan fingerprint density at radius 1 is 0.972 bits per heavy atom. The first-order valence-electron chi connectivity index (χ1n) is 12.6. The van der Waals surface area contributed by atoms with Gasteiger partial charge in [-0.1, -0.05) is 37.5 Å². The van der Waals surface area contributed by atoms with E-state index in [-0.39, 0.29) is 0 Å². The van der Waals surface area contributed by atoms with Crippen LogP contribution in [0.3, 0.4) is 0 Å².